The van der Waals surface area contributed by atoms with Crippen LogP contribution in [0.1, 0.15) is 32.2 Å². The van der Waals surface area contributed by atoms with Crippen molar-refractivity contribution in [1.29, 1.82) is 0 Å². The van der Waals surface area contributed by atoms with E-state index in [-0.39, 0.29) is 17.9 Å². The second-order valence-corrected chi connectivity index (χ2v) is 5.75. The van der Waals surface area contributed by atoms with Crippen molar-refractivity contribution in [1.82, 2.24) is 10.5 Å². The van der Waals surface area contributed by atoms with E-state index in [9.17, 15) is 8.78 Å². The van der Waals surface area contributed by atoms with E-state index in [2.05, 4.69) is 31.2 Å². The van der Waals surface area contributed by atoms with Gasteiger partial charge in [-0.3, -0.25) is 0 Å². The maximum absolute atomic E-state index is 13.0. The van der Waals surface area contributed by atoms with Crippen LogP contribution in [0.3, 0.4) is 0 Å². The molecule has 4 nitrogen and oxygen atoms in total. The monoisotopic (exact) mass is 296 g/mol. The van der Waals surface area contributed by atoms with Crippen LogP contribution in [0.25, 0.3) is 0 Å². The molecule has 0 atom stereocenters. The predicted molar refractivity (Wildman–Crippen MR) is 73.8 cm³/mol. The van der Waals surface area contributed by atoms with Gasteiger partial charge in [-0.1, -0.05) is 5.16 Å². The minimum absolute atomic E-state index is 0.0126. The van der Waals surface area contributed by atoms with Crippen LogP contribution in [0.5, 0.6) is 5.75 Å². The first-order chi connectivity index (χ1) is 9.83. The highest BCUT2D eigenvalue weighted by Gasteiger charge is 2.11. The van der Waals surface area contributed by atoms with Crippen LogP contribution in [0.2, 0.25) is 0 Å². The highest BCUT2D eigenvalue weighted by Crippen LogP contribution is 2.17. The summed E-state index contributed by atoms with van der Waals surface area (Å²) in [6.07, 6.45) is 0. The molecule has 1 N–H and O–H groups in total. The van der Waals surface area contributed by atoms with Crippen LogP contribution >= 0.6 is 0 Å². The number of hydrogen-bond donors (Lipinski definition) is 1. The summed E-state index contributed by atoms with van der Waals surface area (Å²) in [5.41, 5.74) is 0.746. The molecule has 0 bridgehead atoms. The van der Waals surface area contributed by atoms with E-state index < -0.39 is 11.6 Å². The van der Waals surface area contributed by atoms with E-state index in [4.69, 9.17) is 9.26 Å². The van der Waals surface area contributed by atoms with Gasteiger partial charge in [0.25, 0.3) is 0 Å². The quantitative estimate of drug-likeness (QED) is 0.918. The lowest BCUT2D eigenvalue weighted by Gasteiger charge is -2.19. The molecule has 6 heteroatoms. The molecule has 2 aromatic rings. The van der Waals surface area contributed by atoms with Crippen molar-refractivity contribution in [2.24, 2.45) is 0 Å². The van der Waals surface area contributed by atoms with Crippen molar-refractivity contribution in [2.45, 2.75) is 39.5 Å². The third kappa shape index (κ3) is 4.82. The molecule has 0 aliphatic heterocycles. The highest BCUT2D eigenvalue weighted by molar-refractivity contribution is 5.23. The van der Waals surface area contributed by atoms with Gasteiger partial charge < -0.3 is 14.6 Å². The first-order valence-electron chi connectivity index (χ1n) is 6.61. The number of nitrogens with zero attached hydrogens (tertiary/aromatic N) is 1. The van der Waals surface area contributed by atoms with Crippen molar-refractivity contribution >= 4 is 0 Å². The molecular weight excluding hydrogens is 278 g/mol. The lowest BCUT2D eigenvalue weighted by Crippen LogP contribution is -2.35. The Morgan fingerprint density at radius 1 is 1.19 bits per heavy atom. The molecule has 1 heterocycles. The Hall–Kier alpha value is -1.95. The number of ether oxygens (including phenoxy) is 1. The van der Waals surface area contributed by atoms with Gasteiger partial charge in [0.15, 0.2) is 17.4 Å². The van der Waals surface area contributed by atoms with Crippen molar-refractivity contribution in [3.05, 3.63) is 47.4 Å². The van der Waals surface area contributed by atoms with Gasteiger partial charge in [-0.05, 0) is 32.9 Å². The molecule has 2 rings (SSSR count). The molecule has 114 valence electrons. The Balaban J connectivity index is 1.89. The Labute approximate surface area is 122 Å². The Bertz CT molecular complexity index is 606. The van der Waals surface area contributed by atoms with E-state index in [1.54, 1.807) is 6.07 Å². The second-order valence-electron chi connectivity index (χ2n) is 5.75. The van der Waals surface area contributed by atoms with E-state index in [0.29, 0.717) is 12.3 Å². The van der Waals surface area contributed by atoms with Crippen LogP contribution in [0.4, 0.5) is 8.78 Å². The van der Waals surface area contributed by atoms with E-state index in [1.165, 1.54) is 6.07 Å². The van der Waals surface area contributed by atoms with Gasteiger partial charge in [0.2, 0.25) is 0 Å². The number of nitrogens with one attached hydrogen (secondary N) is 1. The molecule has 0 fully saturated rings. The lowest BCUT2D eigenvalue weighted by atomic mass is 10.1. The Morgan fingerprint density at radius 2 is 1.95 bits per heavy atom. The fourth-order valence-electron chi connectivity index (χ4n) is 1.58. The molecule has 0 saturated heterocycles. The smallest absolute Gasteiger partial charge is 0.174 e. The fraction of sp³-hybridized carbons (Fsp3) is 0.400. The summed E-state index contributed by atoms with van der Waals surface area (Å²) >= 11 is 0. The van der Waals surface area contributed by atoms with Gasteiger partial charge >= 0.3 is 0 Å². The van der Waals surface area contributed by atoms with Gasteiger partial charge in [-0.2, -0.15) is 0 Å². The zero-order valence-electron chi connectivity index (χ0n) is 12.2. The SMILES string of the molecule is CC(C)(C)NCc1cc(COc2ccc(F)c(F)c2)on1. The molecule has 21 heavy (non-hydrogen) atoms. The van der Waals surface area contributed by atoms with Crippen LogP contribution in [0, 0.1) is 11.6 Å². The molecule has 1 aromatic carbocycles. The molecule has 0 radical (unpaired) electrons. The van der Waals surface area contributed by atoms with Gasteiger partial charge in [-0.15, -0.1) is 0 Å². The van der Waals surface area contributed by atoms with Crippen molar-refractivity contribution in [2.75, 3.05) is 0 Å². The predicted octanol–water partition coefficient (Wildman–Crippen LogP) is 3.42. The molecule has 0 saturated carbocycles. The fourth-order valence-corrected chi connectivity index (χ4v) is 1.58. The summed E-state index contributed by atoms with van der Waals surface area (Å²) in [7, 11) is 0. The summed E-state index contributed by atoms with van der Waals surface area (Å²) in [6.45, 7) is 6.85. The van der Waals surface area contributed by atoms with Crippen LogP contribution in [0.15, 0.2) is 28.8 Å². The zero-order valence-corrected chi connectivity index (χ0v) is 12.2. The summed E-state index contributed by atoms with van der Waals surface area (Å²) < 4.78 is 36.3. The number of rotatable bonds is 5. The average Bonchev–Trinajstić information content (AvgIpc) is 2.85. The highest BCUT2D eigenvalue weighted by atomic mass is 19.2. The molecular formula is C15H18F2N2O2. The van der Waals surface area contributed by atoms with Crippen molar-refractivity contribution in [3.63, 3.8) is 0 Å². The van der Waals surface area contributed by atoms with Gasteiger partial charge in [0.1, 0.15) is 12.4 Å². The molecule has 0 unspecified atom stereocenters. The Morgan fingerprint density at radius 3 is 2.62 bits per heavy atom. The van der Waals surface area contributed by atoms with Gasteiger partial charge in [-0.25, -0.2) is 8.78 Å². The molecule has 1 aromatic heterocycles. The molecule has 0 spiro atoms. The summed E-state index contributed by atoms with van der Waals surface area (Å²) in [4.78, 5) is 0. The standard InChI is InChI=1S/C15H18F2N2O2/c1-15(2,3)18-8-10-6-12(21-19-10)9-20-11-4-5-13(16)14(17)7-11/h4-7,18H,8-9H2,1-3H3. The first kappa shape index (κ1) is 15.4. The third-order valence-electron chi connectivity index (χ3n) is 2.68. The number of aromatic nitrogens is 1. The average molecular weight is 296 g/mol. The minimum atomic E-state index is -0.944. The summed E-state index contributed by atoms with van der Waals surface area (Å²) in [6, 6.07) is 5.13. The molecule has 0 aliphatic carbocycles. The van der Waals surface area contributed by atoms with E-state index in [0.717, 1.165) is 17.8 Å². The topological polar surface area (TPSA) is 47.3 Å². The maximum atomic E-state index is 13.0. The van der Waals surface area contributed by atoms with E-state index in [1.807, 2.05) is 0 Å². The molecule has 0 aliphatic rings. The van der Waals surface area contributed by atoms with Crippen LogP contribution in [-0.2, 0) is 13.2 Å². The summed E-state index contributed by atoms with van der Waals surface area (Å²) in [5, 5.41) is 7.20. The molecule has 0 amide bonds. The third-order valence-corrected chi connectivity index (χ3v) is 2.68. The Kier molecular flexibility index (Phi) is 4.57. The maximum Gasteiger partial charge on any atom is 0.174 e. The largest absolute Gasteiger partial charge is 0.485 e. The minimum Gasteiger partial charge on any atom is -0.485 e. The lowest BCUT2D eigenvalue weighted by molar-refractivity contribution is 0.246. The number of halogens is 2. The van der Waals surface area contributed by atoms with Gasteiger partial charge in [0.05, 0.1) is 5.69 Å². The zero-order chi connectivity index (χ0) is 15.5. The number of hydrogen-bond acceptors (Lipinski definition) is 4. The number of benzene rings is 1. The van der Waals surface area contributed by atoms with Crippen LogP contribution in [-0.4, -0.2) is 10.7 Å². The van der Waals surface area contributed by atoms with Crippen LogP contribution < -0.4 is 10.1 Å². The normalized spacial score (nSPS) is 11.7. The second kappa shape index (κ2) is 6.22. The first-order valence-corrected chi connectivity index (χ1v) is 6.61. The van der Waals surface area contributed by atoms with Crippen molar-refractivity contribution < 1.29 is 18.0 Å². The van der Waals surface area contributed by atoms with Crippen molar-refractivity contribution in [3.8, 4) is 5.75 Å². The van der Waals surface area contributed by atoms with Gasteiger partial charge in [0, 0.05) is 24.2 Å². The van der Waals surface area contributed by atoms with E-state index >= 15 is 0 Å². The summed E-state index contributed by atoms with van der Waals surface area (Å²) in [5.74, 6) is -1.09.